The molecular weight excluding hydrogens is 230 g/mol. The highest BCUT2D eigenvalue weighted by molar-refractivity contribution is 5.82. The number of carbonyl (C=O) groups is 2. The van der Waals surface area contributed by atoms with Crippen LogP contribution in [0.4, 0.5) is 0 Å². The summed E-state index contributed by atoms with van der Waals surface area (Å²) in [5.41, 5.74) is 0. The number of piperidine rings is 1. The minimum atomic E-state index is 0.0312. The minimum Gasteiger partial charge on any atom is -0.356 e. The summed E-state index contributed by atoms with van der Waals surface area (Å²) in [6.45, 7) is 4.93. The molecule has 0 aromatic rings. The summed E-state index contributed by atoms with van der Waals surface area (Å²) in [6.07, 6.45) is 4.08. The van der Waals surface area contributed by atoms with E-state index >= 15 is 0 Å². The summed E-state index contributed by atoms with van der Waals surface area (Å²) in [4.78, 5) is 25.0. The van der Waals surface area contributed by atoms with Crippen LogP contribution >= 0.6 is 0 Å². The predicted molar refractivity (Wildman–Crippen MR) is 69.0 cm³/mol. The summed E-state index contributed by atoms with van der Waals surface area (Å²) >= 11 is 0. The first-order valence-electron chi connectivity index (χ1n) is 6.93. The second-order valence-electron chi connectivity index (χ2n) is 5.35. The molecule has 2 saturated heterocycles. The lowest BCUT2D eigenvalue weighted by molar-refractivity contribution is -0.134. The standard InChI is InChI=1S/C13H23N3O2/c1-10(17)15-9-11-4-7-16(8-5-11)13(18)12-3-2-6-14-12/h11-12,14H,2-9H2,1H3,(H,15,17). The van der Waals surface area contributed by atoms with Crippen molar-refractivity contribution in [1.29, 1.82) is 0 Å². The smallest absolute Gasteiger partial charge is 0.239 e. The molecule has 0 saturated carbocycles. The van der Waals surface area contributed by atoms with Gasteiger partial charge < -0.3 is 15.5 Å². The molecule has 0 bridgehead atoms. The number of hydrogen-bond donors (Lipinski definition) is 2. The molecule has 0 aliphatic carbocycles. The van der Waals surface area contributed by atoms with Gasteiger partial charge in [-0.05, 0) is 38.1 Å². The van der Waals surface area contributed by atoms with Crippen molar-refractivity contribution in [3.8, 4) is 0 Å². The van der Waals surface area contributed by atoms with E-state index in [0.29, 0.717) is 5.92 Å². The van der Waals surface area contributed by atoms with Gasteiger partial charge in [0.2, 0.25) is 11.8 Å². The lowest BCUT2D eigenvalue weighted by atomic mass is 9.96. The van der Waals surface area contributed by atoms with Gasteiger partial charge in [-0.25, -0.2) is 0 Å². The van der Waals surface area contributed by atoms with E-state index in [1.807, 2.05) is 4.90 Å². The van der Waals surface area contributed by atoms with Crippen molar-refractivity contribution in [3.05, 3.63) is 0 Å². The van der Waals surface area contributed by atoms with Crippen LogP contribution in [0.3, 0.4) is 0 Å². The van der Waals surface area contributed by atoms with E-state index in [4.69, 9.17) is 0 Å². The molecule has 2 heterocycles. The lowest BCUT2D eigenvalue weighted by Gasteiger charge is -2.33. The first kappa shape index (κ1) is 13.3. The van der Waals surface area contributed by atoms with Crippen molar-refractivity contribution >= 4 is 11.8 Å². The van der Waals surface area contributed by atoms with E-state index in [0.717, 1.165) is 51.9 Å². The molecule has 1 atom stereocenters. The first-order chi connectivity index (χ1) is 8.66. The minimum absolute atomic E-state index is 0.0312. The molecule has 0 radical (unpaired) electrons. The lowest BCUT2D eigenvalue weighted by Crippen LogP contribution is -2.48. The van der Waals surface area contributed by atoms with Crippen LogP contribution in [0.25, 0.3) is 0 Å². The molecule has 2 N–H and O–H groups in total. The fourth-order valence-electron chi connectivity index (χ4n) is 2.76. The van der Waals surface area contributed by atoms with Gasteiger partial charge in [0.15, 0.2) is 0 Å². The van der Waals surface area contributed by atoms with Gasteiger partial charge in [0, 0.05) is 26.6 Å². The van der Waals surface area contributed by atoms with E-state index in [9.17, 15) is 9.59 Å². The SMILES string of the molecule is CC(=O)NCC1CCN(C(=O)C2CCCN2)CC1. The Morgan fingerprint density at radius 1 is 1.28 bits per heavy atom. The summed E-state index contributed by atoms with van der Waals surface area (Å²) in [5.74, 6) is 0.823. The normalized spacial score (nSPS) is 25.2. The van der Waals surface area contributed by atoms with Gasteiger partial charge in [0.1, 0.15) is 0 Å². The van der Waals surface area contributed by atoms with Crippen molar-refractivity contribution in [3.63, 3.8) is 0 Å². The van der Waals surface area contributed by atoms with Crippen LogP contribution in [-0.2, 0) is 9.59 Å². The Hall–Kier alpha value is -1.10. The number of amides is 2. The van der Waals surface area contributed by atoms with Gasteiger partial charge in [0.05, 0.1) is 6.04 Å². The molecule has 5 heteroatoms. The van der Waals surface area contributed by atoms with E-state index in [1.165, 1.54) is 0 Å². The molecule has 2 aliphatic rings. The average molecular weight is 253 g/mol. The predicted octanol–water partition coefficient (Wildman–Crippen LogP) is 0.113. The third-order valence-electron chi connectivity index (χ3n) is 3.92. The fourth-order valence-corrected chi connectivity index (χ4v) is 2.76. The van der Waals surface area contributed by atoms with Crippen LogP contribution in [0.5, 0.6) is 0 Å². The van der Waals surface area contributed by atoms with Gasteiger partial charge in [-0.1, -0.05) is 0 Å². The zero-order valence-electron chi connectivity index (χ0n) is 11.1. The van der Waals surface area contributed by atoms with Crippen LogP contribution in [0.2, 0.25) is 0 Å². The van der Waals surface area contributed by atoms with Crippen molar-refractivity contribution < 1.29 is 9.59 Å². The quantitative estimate of drug-likeness (QED) is 0.750. The molecule has 0 aromatic heterocycles. The monoisotopic (exact) mass is 253 g/mol. The second kappa shape index (κ2) is 6.18. The summed E-state index contributed by atoms with van der Waals surface area (Å²) in [5, 5.41) is 6.12. The average Bonchev–Trinajstić information content (AvgIpc) is 2.90. The Labute approximate surface area is 108 Å². The molecule has 2 aliphatic heterocycles. The Bertz CT molecular complexity index is 305. The molecule has 18 heavy (non-hydrogen) atoms. The number of rotatable bonds is 3. The fraction of sp³-hybridized carbons (Fsp3) is 0.846. The van der Waals surface area contributed by atoms with Gasteiger partial charge in [-0.2, -0.15) is 0 Å². The number of nitrogens with one attached hydrogen (secondary N) is 2. The van der Waals surface area contributed by atoms with Crippen molar-refractivity contribution in [1.82, 2.24) is 15.5 Å². The van der Waals surface area contributed by atoms with Crippen LogP contribution in [0.1, 0.15) is 32.6 Å². The highest BCUT2D eigenvalue weighted by atomic mass is 16.2. The molecule has 102 valence electrons. The van der Waals surface area contributed by atoms with Crippen LogP contribution in [-0.4, -0.2) is 48.9 Å². The maximum Gasteiger partial charge on any atom is 0.239 e. The molecule has 5 nitrogen and oxygen atoms in total. The maximum absolute atomic E-state index is 12.2. The summed E-state index contributed by atoms with van der Waals surface area (Å²) in [6, 6.07) is 0.0527. The van der Waals surface area contributed by atoms with E-state index in [2.05, 4.69) is 10.6 Å². The maximum atomic E-state index is 12.2. The third kappa shape index (κ3) is 3.45. The Kier molecular flexibility index (Phi) is 4.58. The zero-order chi connectivity index (χ0) is 13.0. The number of hydrogen-bond acceptors (Lipinski definition) is 3. The van der Waals surface area contributed by atoms with Crippen molar-refractivity contribution in [2.45, 2.75) is 38.6 Å². The van der Waals surface area contributed by atoms with Gasteiger partial charge in [-0.3, -0.25) is 9.59 Å². The van der Waals surface area contributed by atoms with E-state index < -0.39 is 0 Å². The van der Waals surface area contributed by atoms with Gasteiger partial charge in [0.25, 0.3) is 0 Å². The van der Waals surface area contributed by atoms with Crippen LogP contribution < -0.4 is 10.6 Å². The van der Waals surface area contributed by atoms with E-state index in [-0.39, 0.29) is 17.9 Å². The number of carbonyl (C=O) groups excluding carboxylic acids is 2. The van der Waals surface area contributed by atoms with Crippen LogP contribution in [0, 0.1) is 5.92 Å². The third-order valence-corrected chi connectivity index (χ3v) is 3.92. The zero-order valence-corrected chi connectivity index (χ0v) is 11.1. The Morgan fingerprint density at radius 2 is 2.00 bits per heavy atom. The van der Waals surface area contributed by atoms with E-state index in [1.54, 1.807) is 6.92 Å². The molecular formula is C13H23N3O2. The molecule has 2 amide bonds. The highest BCUT2D eigenvalue weighted by Crippen LogP contribution is 2.18. The number of likely N-dealkylation sites (tertiary alicyclic amines) is 1. The van der Waals surface area contributed by atoms with Gasteiger partial charge in [-0.15, -0.1) is 0 Å². The summed E-state index contributed by atoms with van der Waals surface area (Å²) < 4.78 is 0. The van der Waals surface area contributed by atoms with Crippen LogP contribution in [0.15, 0.2) is 0 Å². The largest absolute Gasteiger partial charge is 0.356 e. The molecule has 0 spiro atoms. The number of nitrogens with zero attached hydrogens (tertiary/aromatic N) is 1. The molecule has 1 unspecified atom stereocenters. The first-order valence-corrected chi connectivity index (χ1v) is 6.93. The van der Waals surface area contributed by atoms with Crippen molar-refractivity contribution in [2.75, 3.05) is 26.2 Å². The molecule has 2 rings (SSSR count). The summed E-state index contributed by atoms with van der Waals surface area (Å²) in [7, 11) is 0. The topological polar surface area (TPSA) is 61.4 Å². The molecule has 2 fully saturated rings. The Balaban J connectivity index is 1.72. The van der Waals surface area contributed by atoms with Crippen molar-refractivity contribution in [2.24, 2.45) is 5.92 Å². The highest BCUT2D eigenvalue weighted by Gasteiger charge is 2.29. The van der Waals surface area contributed by atoms with Gasteiger partial charge >= 0.3 is 0 Å². The molecule has 0 aromatic carbocycles. The second-order valence-corrected chi connectivity index (χ2v) is 5.35. The Morgan fingerprint density at radius 3 is 2.56 bits per heavy atom.